The molecule has 0 spiro atoms. The third kappa shape index (κ3) is 5.61. The Kier molecular flexibility index (Phi) is 6.51. The molecule has 1 rings (SSSR count). The fourth-order valence-electron chi connectivity index (χ4n) is 1.58. The number of hydrogen-bond acceptors (Lipinski definition) is 3. The maximum atomic E-state index is 11.7. The van der Waals surface area contributed by atoms with Gasteiger partial charge in [0.2, 0.25) is 5.91 Å². The largest absolute Gasteiger partial charge is 0.493 e. The highest BCUT2D eigenvalue weighted by molar-refractivity contribution is 9.10. The Morgan fingerprint density at radius 1 is 1.40 bits per heavy atom. The third-order valence-electron chi connectivity index (χ3n) is 2.64. The zero-order valence-corrected chi connectivity index (χ0v) is 13.0. The van der Waals surface area contributed by atoms with E-state index in [0.717, 1.165) is 4.47 Å². The summed E-state index contributed by atoms with van der Waals surface area (Å²) >= 11 is 3.32. The van der Waals surface area contributed by atoms with Gasteiger partial charge in [-0.1, -0.05) is 35.8 Å². The summed E-state index contributed by atoms with van der Waals surface area (Å²) in [5, 5.41) is 11.5. The summed E-state index contributed by atoms with van der Waals surface area (Å²) in [4.78, 5) is 22.6. The summed E-state index contributed by atoms with van der Waals surface area (Å²) in [7, 11) is 0. The lowest BCUT2D eigenvalue weighted by atomic mass is 10.0. The fourth-order valence-corrected chi connectivity index (χ4v) is 1.96. The molecule has 6 heteroatoms. The number of hydrogen-bond donors (Lipinski definition) is 2. The first-order valence-electron chi connectivity index (χ1n) is 6.30. The number of nitrogens with one attached hydrogen (secondary N) is 1. The molecular weight excluding hydrogens is 326 g/mol. The van der Waals surface area contributed by atoms with Crippen LogP contribution in [0.5, 0.6) is 5.75 Å². The van der Waals surface area contributed by atoms with Crippen LogP contribution in [0.2, 0.25) is 0 Å². The Morgan fingerprint density at radius 2 is 2.10 bits per heavy atom. The minimum atomic E-state index is -1.03. The molecule has 110 valence electrons. The lowest BCUT2D eigenvalue weighted by Gasteiger charge is -2.17. The molecule has 0 fully saturated rings. The van der Waals surface area contributed by atoms with Gasteiger partial charge in [0.25, 0.3) is 0 Å². The Labute approximate surface area is 126 Å². The maximum absolute atomic E-state index is 11.7. The highest BCUT2D eigenvalue weighted by Crippen LogP contribution is 2.17. The molecule has 0 heterocycles. The lowest BCUT2D eigenvalue weighted by molar-refractivity contribution is -0.143. The molecule has 1 aromatic carbocycles. The van der Waals surface area contributed by atoms with Gasteiger partial charge in [-0.05, 0) is 24.1 Å². The van der Waals surface area contributed by atoms with Crippen molar-refractivity contribution in [3.05, 3.63) is 28.7 Å². The average Bonchev–Trinajstić information content (AvgIpc) is 2.35. The van der Waals surface area contributed by atoms with Crippen LogP contribution in [0.4, 0.5) is 0 Å². The maximum Gasteiger partial charge on any atom is 0.326 e. The quantitative estimate of drug-likeness (QED) is 0.797. The van der Waals surface area contributed by atoms with Gasteiger partial charge < -0.3 is 15.2 Å². The van der Waals surface area contributed by atoms with Crippen molar-refractivity contribution in [1.82, 2.24) is 5.32 Å². The van der Waals surface area contributed by atoms with E-state index in [1.54, 1.807) is 26.0 Å². The van der Waals surface area contributed by atoms with Crippen LogP contribution in [-0.4, -0.2) is 29.6 Å². The molecule has 0 bridgehead atoms. The molecule has 1 aromatic rings. The second kappa shape index (κ2) is 7.89. The van der Waals surface area contributed by atoms with Crippen LogP contribution in [0.15, 0.2) is 28.7 Å². The van der Waals surface area contributed by atoms with Crippen molar-refractivity contribution in [3.63, 3.8) is 0 Å². The Balaban J connectivity index is 2.38. The Bertz CT molecular complexity index is 476. The molecule has 1 amide bonds. The molecule has 0 unspecified atom stereocenters. The van der Waals surface area contributed by atoms with E-state index >= 15 is 0 Å². The van der Waals surface area contributed by atoms with Gasteiger partial charge in [0.05, 0.1) is 13.0 Å². The van der Waals surface area contributed by atoms with Gasteiger partial charge in [-0.2, -0.15) is 0 Å². The van der Waals surface area contributed by atoms with Crippen LogP contribution in [0.25, 0.3) is 0 Å². The summed E-state index contributed by atoms with van der Waals surface area (Å²) in [6.45, 7) is 3.70. The molecule has 1 atom stereocenters. The Hall–Kier alpha value is -1.56. The molecule has 0 saturated carbocycles. The van der Waals surface area contributed by atoms with Crippen molar-refractivity contribution in [1.29, 1.82) is 0 Å². The number of rotatable bonds is 7. The second-order valence-electron chi connectivity index (χ2n) is 4.68. The highest BCUT2D eigenvalue weighted by Gasteiger charge is 2.23. The summed E-state index contributed by atoms with van der Waals surface area (Å²) in [6.07, 6.45) is 0.114. The van der Waals surface area contributed by atoms with Crippen LogP contribution >= 0.6 is 15.9 Å². The van der Waals surface area contributed by atoms with Crippen molar-refractivity contribution in [2.45, 2.75) is 26.3 Å². The molecule has 0 aromatic heterocycles. The van der Waals surface area contributed by atoms with E-state index in [1.165, 1.54) is 0 Å². The van der Waals surface area contributed by atoms with E-state index in [0.29, 0.717) is 5.75 Å². The lowest BCUT2D eigenvalue weighted by Crippen LogP contribution is -2.44. The van der Waals surface area contributed by atoms with Crippen molar-refractivity contribution >= 4 is 27.8 Å². The molecule has 0 saturated heterocycles. The van der Waals surface area contributed by atoms with Crippen molar-refractivity contribution in [2.24, 2.45) is 5.92 Å². The van der Waals surface area contributed by atoms with Crippen LogP contribution in [0, 0.1) is 5.92 Å². The predicted molar refractivity (Wildman–Crippen MR) is 78.7 cm³/mol. The number of amides is 1. The number of carboxylic acid groups (broad SMARTS) is 1. The molecule has 0 aliphatic rings. The summed E-state index contributed by atoms with van der Waals surface area (Å²) in [5.74, 6) is -0.865. The van der Waals surface area contributed by atoms with E-state index in [-0.39, 0.29) is 24.9 Å². The summed E-state index contributed by atoms with van der Waals surface area (Å²) in [6, 6.07) is 6.43. The first-order valence-corrected chi connectivity index (χ1v) is 7.10. The standard InChI is InChI=1S/C14H18BrNO4/c1-9(2)13(14(18)19)16-12(17)6-7-20-11-5-3-4-10(15)8-11/h3-5,8-9,13H,6-7H2,1-2H3,(H,16,17)(H,18,19)/t13-/m0/s1. The van der Waals surface area contributed by atoms with Gasteiger partial charge in [0.15, 0.2) is 0 Å². The van der Waals surface area contributed by atoms with Crippen molar-refractivity contribution < 1.29 is 19.4 Å². The molecular formula is C14H18BrNO4. The zero-order valence-electron chi connectivity index (χ0n) is 11.4. The van der Waals surface area contributed by atoms with E-state index in [4.69, 9.17) is 9.84 Å². The monoisotopic (exact) mass is 343 g/mol. The van der Waals surface area contributed by atoms with Crippen molar-refractivity contribution in [2.75, 3.05) is 6.61 Å². The van der Waals surface area contributed by atoms with Crippen LogP contribution in [0.3, 0.4) is 0 Å². The third-order valence-corrected chi connectivity index (χ3v) is 3.14. The molecule has 5 nitrogen and oxygen atoms in total. The predicted octanol–water partition coefficient (Wildman–Crippen LogP) is 2.44. The van der Waals surface area contributed by atoms with E-state index in [1.807, 2.05) is 12.1 Å². The molecule has 0 aliphatic heterocycles. The van der Waals surface area contributed by atoms with E-state index in [2.05, 4.69) is 21.2 Å². The van der Waals surface area contributed by atoms with Crippen LogP contribution in [0.1, 0.15) is 20.3 Å². The molecule has 2 N–H and O–H groups in total. The number of carboxylic acids is 1. The fraction of sp³-hybridized carbons (Fsp3) is 0.429. The first-order chi connectivity index (χ1) is 9.40. The van der Waals surface area contributed by atoms with Gasteiger partial charge in [-0.15, -0.1) is 0 Å². The van der Waals surface area contributed by atoms with Crippen LogP contribution in [-0.2, 0) is 9.59 Å². The number of ether oxygens (including phenoxy) is 1. The van der Waals surface area contributed by atoms with Gasteiger partial charge in [0, 0.05) is 4.47 Å². The van der Waals surface area contributed by atoms with Gasteiger partial charge in [-0.25, -0.2) is 4.79 Å². The number of aliphatic carboxylic acids is 1. The Morgan fingerprint density at radius 3 is 2.65 bits per heavy atom. The topological polar surface area (TPSA) is 75.6 Å². The van der Waals surface area contributed by atoms with Gasteiger partial charge in [0.1, 0.15) is 11.8 Å². The first kappa shape index (κ1) is 16.5. The zero-order chi connectivity index (χ0) is 15.1. The summed E-state index contributed by atoms with van der Waals surface area (Å²) in [5.41, 5.74) is 0. The summed E-state index contributed by atoms with van der Waals surface area (Å²) < 4.78 is 6.32. The van der Waals surface area contributed by atoms with E-state index in [9.17, 15) is 9.59 Å². The smallest absolute Gasteiger partial charge is 0.326 e. The van der Waals surface area contributed by atoms with Gasteiger partial charge in [-0.3, -0.25) is 4.79 Å². The number of benzene rings is 1. The van der Waals surface area contributed by atoms with E-state index < -0.39 is 12.0 Å². The number of carbonyl (C=O) groups excluding carboxylic acids is 1. The average molecular weight is 344 g/mol. The minimum Gasteiger partial charge on any atom is -0.493 e. The van der Waals surface area contributed by atoms with Crippen molar-refractivity contribution in [3.8, 4) is 5.75 Å². The normalized spacial score (nSPS) is 12.0. The molecule has 0 aliphatic carbocycles. The minimum absolute atomic E-state index is 0.114. The highest BCUT2D eigenvalue weighted by atomic mass is 79.9. The molecule has 0 radical (unpaired) electrons. The second-order valence-corrected chi connectivity index (χ2v) is 5.60. The number of carbonyl (C=O) groups is 2. The SMILES string of the molecule is CC(C)[C@H](NC(=O)CCOc1cccc(Br)c1)C(=O)O. The van der Waals surface area contributed by atoms with Gasteiger partial charge >= 0.3 is 5.97 Å². The molecule has 20 heavy (non-hydrogen) atoms. The number of halogens is 1. The van der Waals surface area contributed by atoms with Crippen LogP contribution < -0.4 is 10.1 Å².